The molecule has 1 rings (SSSR count). The Morgan fingerprint density at radius 1 is 1.14 bits per heavy atom. The number of hydrogen-bond acceptors (Lipinski definition) is 3. The van der Waals surface area contributed by atoms with E-state index in [-0.39, 0.29) is 11.6 Å². The number of hydrogen-bond donors (Lipinski definition) is 1. The summed E-state index contributed by atoms with van der Waals surface area (Å²) >= 11 is 0. The molecule has 0 saturated heterocycles. The second-order valence-electron chi connectivity index (χ2n) is 5.58. The van der Waals surface area contributed by atoms with Crippen LogP contribution < -0.4 is 10.1 Å². The molecule has 2 atom stereocenters. The van der Waals surface area contributed by atoms with Gasteiger partial charge in [-0.15, -0.1) is 0 Å². The number of benzene rings is 1. The first-order valence-corrected chi connectivity index (χ1v) is 8.22. The van der Waals surface area contributed by atoms with E-state index in [0.29, 0.717) is 6.61 Å². The first kappa shape index (κ1) is 18.0. The Hall–Kier alpha value is -1.06. The summed E-state index contributed by atoms with van der Waals surface area (Å²) in [6, 6.07) is 8.64. The molecule has 1 N–H and O–H groups in total. The third-order valence-electron chi connectivity index (χ3n) is 4.64. The molecule has 3 heteroatoms. The van der Waals surface area contributed by atoms with Crippen molar-refractivity contribution in [2.75, 3.05) is 26.7 Å². The van der Waals surface area contributed by atoms with Crippen LogP contribution in [0, 0.1) is 0 Å². The average Bonchev–Trinajstić information content (AvgIpc) is 2.51. The van der Waals surface area contributed by atoms with Crippen molar-refractivity contribution in [2.24, 2.45) is 0 Å². The second kappa shape index (κ2) is 8.40. The molecule has 2 unspecified atom stereocenters. The normalized spacial score (nSPS) is 15.8. The molecule has 0 amide bonds. The Morgan fingerprint density at radius 3 is 2.24 bits per heavy atom. The van der Waals surface area contributed by atoms with Crippen LogP contribution in [0.3, 0.4) is 0 Å². The summed E-state index contributed by atoms with van der Waals surface area (Å²) in [5.41, 5.74) is 1.31. The van der Waals surface area contributed by atoms with E-state index in [0.717, 1.165) is 25.3 Å². The summed E-state index contributed by atoms with van der Waals surface area (Å²) in [5.74, 6) is 0.992. The number of para-hydroxylation sites is 1. The van der Waals surface area contributed by atoms with Crippen LogP contribution in [0.4, 0.5) is 0 Å². The van der Waals surface area contributed by atoms with Gasteiger partial charge < -0.3 is 10.1 Å². The average molecular weight is 292 g/mol. The van der Waals surface area contributed by atoms with Gasteiger partial charge in [-0.3, -0.25) is 4.90 Å². The van der Waals surface area contributed by atoms with Crippen LogP contribution >= 0.6 is 0 Å². The lowest BCUT2D eigenvalue weighted by atomic mass is 9.82. The molecule has 0 spiro atoms. The Labute approximate surface area is 130 Å². The molecule has 0 fully saturated rings. The molecule has 0 heterocycles. The minimum atomic E-state index is 0.0610. The summed E-state index contributed by atoms with van der Waals surface area (Å²) in [4.78, 5) is 2.54. The lowest BCUT2D eigenvalue weighted by molar-refractivity contribution is 0.0716. The van der Waals surface area contributed by atoms with E-state index >= 15 is 0 Å². The lowest BCUT2D eigenvalue weighted by Crippen LogP contribution is -2.53. The van der Waals surface area contributed by atoms with Gasteiger partial charge in [0.2, 0.25) is 0 Å². The van der Waals surface area contributed by atoms with Gasteiger partial charge in [0.05, 0.1) is 12.6 Å². The van der Waals surface area contributed by atoms with Crippen molar-refractivity contribution in [3.63, 3.8) is 0 Å². The third kappa shape index (κ3) is 3.78. The molecule has 0 bridgehead atoms. The predicted molar refractivity (Wildman–Crippen MR) is 91.0 cm³/mol. The van der Waals surface area contributed by atoms with Crippen LogP contribution in [-0.2, 0) is 0 Å². The molecule has 0 aliphatic rings. The number of rotatable bonds is 9. The number of ether oxygens (including phenoxy) is 1. The summed E-state index contributed by atoms with van der Waals surface area (Å²) in [6.45, 7) is 13.9. The summed E-state index contributed by atoms with van der Waals surface area (Å²) in [7, 11) is 2.05. The second-order valence-corrected chi connectivity index (χ2v) is 5.58. The van der Waals surface area contributed by atoms with E-state index in [1.54, 1.807) is 0 Å². The van der Waals surface area contributed by atoms with E-state index in [1.807, 2.05) is 20.0 Å². The van der Waals surface area contributed by atoms with Crippen molar-refractivity contribution in [1.29, 1.82) is 0 Å². The van der Waals surface area contributed by atoms with Gasteiger partial charge in [0.1, 0.15) is 5.75 Å². The highest BCUT2D eigenvalue weighted by Gasteiger charge is 2.38. The monoisotopic (exact) mass is 292 g/mol. The van der Waals surface area contributed by atoms with E-state index in [1.165, 1.54) is 5.56 Å². The van der Waals surface area contributed by atoms with Gasteiger partial charge in [-0.25, -0.2) is 0 Å². The fraction of sp³-hybridized carbons (Fsp3) is 0.667. The number of nitrogens with one attached hydrogen (secondary N) is 1. The van der Waals surface area contributed by atoms with Crippen molar-refractivity contribution in [2.45, 2.75) is 52.6 Å². The molecule has 1 aromatic carbocycles. The fourth-order valence-corrected chi connectivity index (χ4v) is 3.36. The molecule has 0 radical (unpaired) electrons. The van der Waals surface area contributed by atoms with Crippen LogP contribution in [0.25, 0.3) is 0 Å². The van der Waals surface area contributed by atoms with Crippen LogP contribution in [0.15, 0.2) is 24.3 Å². The van der Waals surface area contributed by atoms with E-state index in [4.69, 9.17) is 4.74 Å². The first-order chi connectivity index (χ1) is 10.1. The maximum absolute atomic E-state index is 5.85. The zero-order chi connectivity index (χ0) is 15.9. The minimum Gasteiger partial charge on any atom is -0.494 e. The third-order valence-corrected chi connectivity index (χ3v) is 4.64. The Balaban J connectivity index is 3.27. The molecule has 3 nitrogen and oxygen atoms in total. The van der Waals surface area contributed by atoms with Crippen molar-refractivity contribution in [1.82, 2.24) is 10.2 Å². The van der Waals surface area contributed by atoms with Gasteiger partial charge in [0.15, 0.2) is 0 Å². The minimum absolute atomic E-state index is 0.0610. The molecule has 1 aromatic rings. The molecule has 21 heavy (non-hydrogen) atoms. The van der Waals surface area contributed by atoms with Gasteiger partial charge in [-0.2, -0.15) is 0 Å². The van der Waals surface area contributed by atoms with Gasteiger partial charge in [0.25, 0.3) is 0 Å². The predicted octanol–water partition coefficient (Wildman–Crippen LogP) is 3.86. The molecule has 0 saturated carbocycles. The maximum Gasteiger partial charge on any atom is 0.124 e. The number of nitrogens with zero attached hydrogens (tertiary/aromatic N) is 1. The number of likely N-dealkylation sites (N-methyl/N-ethyl adjacent to an activating group) is 2. The van der Waals surface area contributed by atoms with Crippen molar-refractivity contribution < 1.29 is 4.74 Å². The molecular weight excluding hydrogens is 260 g/mol. The molecule has 0 aromatic heterocycles. The molecule has 0 aliphatic heterocycles. The SMILES string of the molecule is CCOc1ccccc1C(NC)C(C)(CC)N(CC)CC. The first-order valence-electron chi connectivity index (χ1n) is 8.22. The summed E-state index contributed by atoms with van der Waals surface area (Å²) in [5, 5.41) is 3.54. The van der Waals surface area contributed by atoms with Gasteiger partial charge in [-0.1, -0.05) is 39.0 Å². The summed E-state index contributed by atoms with van der Waals surface area (Å²) < 4.78 is 5.85. The zero-order valence-electron chi connectivity index (χ0n) is 14.6. The zero-order valence-corrected chi connectivity index (χ0v) is 14.6. The highest BCUT2D eigenvalue weighted by molar-refractivity contribution is 5.38. The lowest BCUT2D eigenvalue weighted by Gasteiger charge is -2.46. The van der Waals surface area contributed by atoms with E-state index in [2.05, 4.69) is 56.1 Å². The quantitative estimate of drug-likeness (QED) is 0.748. The van der Waals surface area contributed by atoms with Crippen molar-refractivity contribution in [3.05, 3.63) is 29.8 Å². The molecular formula is C18H32N2O. The summed E-state index contributed by atoms with van der Waals surface area (Å²) in [6.07, 6.45) is 1.08. The smallest absolute Gasteiger partial charge is 0.124 e. The van der Waals surface area contributed by atoms with E-state index in [9.17, 15) is 0 Å². The topological polar surface area (TPSA) is 24.5 Å². The van der Waals surface area contributed by atoms with E-state index < -0.39 is 0 Å². The van der Waals surface area contributed by atoms with Gasteiger partial charge >= 0.3 is 0 Å². The molecule has 120 valence electrons. The van der Waals surface area contributed by atoms with Gasteiger partial charge in [0, 0.05) is 11.1 Å². The van der Waals surface area contributed by atoms with Crippen LogP contribution in [0.5, 0.6) is 5.75 Å². The van der Waals surface area contributed by atoms with Crippen molar-refractivity contribution >= 4 is 0 Å². The standard InChI is InChI=1S/C18H32N2O/c1-7-18(5,20(8-2)9-3)17(19-6)15-13-11-12-14-16(15)21-10-4/h11-14,17,19H,7-10H2,1-6H3. The fourth-order valence-electron chi connectivity index (χ4n) is 3.36. The van der Waals surface area contributed by atoms with Crippen LogP contribution in [0.1, 0.15) is 52.6 Å². The van der Waals surface area contributed by atoms with Crippen LogP contribution in [0.2, 0.25) is 0 Å². The largest absolute Gasteiger partial charge is 0.494 e. The highest BCUT2D eigenvalue weighted by atomic mass is 16.5. The van der Waals surface area contributed by atoms with Crippen molar-refractivity contribution in [3.8, 4) is 5.75 Å². The molecule has 0 aliphatic carbocycles. The Morgan fingerprint density at radius 2 is 1.76 bits per heavy atom. The maximum atomic E-state index is 5.85. The Kier molecular flexibility index (Phi) is 7.20. The highest BCUT2D eigenvalue weighted by Crippen LogP contribution is 2.37. The van der Waals surface area contributed by atoms with Gasteiger partial charge in [-0.05, 0) is 46.5 Å². The van der Waals surface area contributed by atoms with Crippen LogP contribution in [-0.4, -0.2) is 37.2 Å². The Bertz CT molecular complexity index is 417.